The molecule has 9 heavy (non-hydrogen) atoms. The zero-order valence-corrected chi connectivity index (χ0v) is 6.14. The van der Waals surface area contributed by atoms with Gasteiger partial charge in [0.15, 0.2) is 13.1 Å². The van der Waals surface area contributed by atoms with Crippen LogP contribution in [0.4, 0.5) is 0 Å². The quantitative estimate of drug-likeness (QED) is 0.321. The second kappa shape index (κ2) is 5.57. The Labute approximate surface area is 61.0 Å². The van der Waals surface area contributed by atoms with Gasteiger partial charge in [-0.1, -0.05) is 13.2 Å². The minimum Gasteiger partial charge on any atom is -0.219 e. The third-order valence-electron chi connectivity index (χ3n) is 0.865. The monoisotopic (exact) mass is 144 g/mol. The highest BCUT2D eigenvalue weighted by Gasteiger charge is 1.92. The fraction of sp³-hybridized carbons (Fsp3) is 0.286. The van der Waals surface area contributed by atoms with E-state index in [2.05, 4.69) is 13.2 Å². The molecule has 0 amide bonds. The number of hydrogen-bond acceptors (Lipinski definition) is 0. The summed E-state index contributed by atoms with van der Waals surface area (Å²) in [6.45, 7) is 8.70. The van der Waals surface area contributed by atoms with Gasteiger partial charge in [-0.05, 0) is 23.8 Å². The van der Waals surface area contributed by atoms with Crippen molar-refractivity contribution in [3.05, 3.63) is 25.3 Å². The van der Waals surface area contributed by atoms with Crippen molar-refractivity contribution in [2.45, 2.75) is 0 Å². The van der Waals surface area contributed by atoms with Crippen LogP contribution in [0, 0.1) is 0 Å². The summed E-state index contributed by atoms with van der Waals surface area (Å²) in [5.74, 6) is 0. The van der Waals surface area contributed by atoms with E-state index in [1.165, 1.54) is 5.67 Å². The average Bonchev–Trinajstić information content (AvgIpc) is 1.88. The average molecular weight is 145 g/mol. The minimum atomic E-state index is 0.773. The van der Waals surface area contributed by atoms with Crippen molar-refractivity contribution >= 4 is 17.3 Å². The van der Waals surface area contributed by atoms with Crippen LogP contribution in [0.5, 0.6) is 0 Å². The molecule has 0 saturated carbocycles. The SMILES string of the molecule is C=CC[N+](=CCl)CC=C. The van der Waals surface area contributed by atoms with Crippen LogP contribution in [0.25, 0.3) is 0 Å². The van der Waals surface area contributed by atoms with E-state index in [-0.39, 0.29) is 0 Å². The Morgan fingerprint density at radius 2 is 1.67 bits per heavy atom. The predicted octanol–water partition coefficient (Wildman–Crippen LogP) is 1.64. The normalized spacial score (nSPS) is 8.11. The van der Waals surface area contributed by atoms with Gasteiger partial charge in [0.05, 0.1) is 0 Å². The minimum absolute atomic E-state index is 0.773. The van der Waals surface area contributed by atoms with Gasteiger partial charge in [-0.2, -0.15) is 0 Å². The van der Waals surface area contributed by atoms with Crippen molar-refractivity contribution in [1.29, 1.82) is 0 Å². The number of hydrogen-bond donors (Lipinski definition) is 0. The maximum atomic E-state index is 5.43. The standard InChI is InChI=1S/C7H11ClN/c1-3-5-9(7-8)6-4-2/h3-4,7H,1-2,5-6H2/q+1. The summed E-state index contributed by atoms with van der Waals surface area (Å²) in [7, 11) is 0. The van der Waals surface area contributed by atoms with Crippen LogP contribution in [0.3, 0.4) is 0 Å². The lowest BCUT2D eigenvalue weighted by molar-refractivity contribution is -0.500. The van der Waals surface area contributed by atoms with E-state index < -0.39 is 0 Å². The van der Waals surface area contributed by atoms with Crippen LogP contribution in [-0.4, -0.2) is 23.3 Å². The molecule has 0 unspecified atom stereocenters. The van der Waals surface area contributed by atoms with Crippen molar-refractivity contribution in [3.8, 4) is 0 Å². The molecule has 0 fully saturated rings. The Hall–Kier alpha value is -0.560. The van der Waals surface area contributed by atoms with Gasteiger partial charge in [0.25, 0.3) is 0 Å². The van der Waals surface area contributed by atoms with Gasteiger partial charge in [-0.25, -0.2) is 4.58 Å². The van der Waals surface area contributed by atoms with Gasteiger partial charge in [0, 0.05) is 0 Å². The molecule has 0 spiro atoms. The van der Waals surface area contributed by atoms with E-state index in [1.807, 2.05) is 4.58 Å². The molecule has 0 aromatic heterocycles. The summed E-state index contributed by atoms with van der Waals surface area (Å²) in [5, 5.41) is 0. The first-order chi connectivity index (χ1) is 4.35. The zero-order chi connectivity index (χ0) is 7.11. The second-order valence-corrected chi connectivity index (χ2v) is 1.82. The fourth-order valence-corrected chi connectivity index (χ4v) is 0.645. The number of nitrogens with zero attached hydrogens (tertiary/aromatic N) is 1. The molecule has 0 aromatic rings. The van der Waals surface area contributed by atoms with E-state index in [9.17, 15) is 0 Å². The highest BCUT2D eigenvalue weighted by molar-refractivity contribution is 6.54. The summed E-state index contributed by atoms with van der Waals surface area (Å²) in [4.78, 5) is 0. The Kier molecular flexibility index (Phi) is 5.23. The molecule has 0 aliphatic heterocycles. The van der Waals surface area contributed by atoms with Crippen LogP contribution in [0.2, 0.25) is 0 Å². The van der Waals surface area contributed by atoms with E-state index in [0.29, 0.717) is 0 Å². The van der Waals surface area contributed by atoms with Crippen LogP contribution in [0.1, 0.15) is 0 Å². The summed E-state index contributed by atoms with van der Waals surface area (Å²) in [6, 6.07) is 0. The molecule has 0 rings (SSSR count). The lowest BCUT2D eigenvalue weighted by atomic mass is 10.5. The van der Waals surface area contributed by atoms with E-state index >= 15 is 0 Å². The third-order valence-corrected chi connectivity index (χ3v) is 1.14. The van der Waals surface area contributed by atoms with Crippen LogP contribution < -0.4 is 0 Å². The molecule has 0 bridgehead atoms. The molecular weight excluding hydrogens is 134 g/mol. The van der Waals surface area contributed by atoms with Crippen LogP contribution in [0.15, 0.2) is 25.3 Å². The molecule has 0 aromatic carbocycles. The fourth-order valence-electron chi connectivity index (χ4n) is 0.486. The zero-order valence-electron chi connectivity index (χ0n) is 5.39. The molecule has 2 heteroatoms. The first-order valence-electron chi connectivity index (χ1n) is 2.74. The maximum Gasteiger partial charge on any atom is 0.233 e. The molecule has 0 heterocycles. The maximum absolute atomic E-state index is 5.43. The highest BCUT2D eigenvalue weighted by Crippen LogP contribution is 1.77. The molecular formula is C7H11ClN+. The van der Waals surface area contributed by atoms with Gasteiger partial charge in [-0.3, -0.25) is 0 Å². The van der Waals surface area contributed by atoms with Crippen molar-refractivity contribution in [1.82, 2.24) is 0 Å². The summed E-state index contributed by atoms with van der Waals surface area (Å²) >= 11 is 5.43. The van der Waals surface area contributed by atoms with Crippen molar-refractivity contribution < 1.29 is 4.58 Å². The van der Waals surface area contributed by atoms with E-state index in [0.717, 1.165) is 13.1 Å². The molecule has 0 saturated heterocycles. The summed E-state index contributed by atoms with van der Waals surface area (Å²) < 4.78 is 1.89. The highest BCUT2D eigenvalue weighted by atomic mass is 35.5. The van der Waals surface area contributed by atoms with Crippen molar-refractivity contribution in [2.75, 3.05) is 13.1 Å². The van der Waals surface area contributed by atoms with Gasteiger partial charge in [-0.15, -0.1) is 0 Å². The first-order valence-corrected chi connectivity index (χ1v) is 3.18. The second-order valence-electron chi connectivity index (χ2n) is 1.63. The molecule has 1 nitrogen and oxygen atoms in total. The number of halogens is 1. The lowest BCUT2D eigenvalue weighted by Gasteiger charge is -1.91. The molecule has 0 aliphatic carbocycles. The van der Waals surface area contributed by atoms with E-state index in [1.54, 1.807) is 12.2 Å². The summed E-state index contributed by atoms with van der Waals surface area (Å²) in [6.07, 6.45) is 3.59. The van der Waals surface area contributed by atoms with Gasteiger partial charge >= 0.3 is 0 Å². The Morgan fingerprint density at radius 3 is 1.89 bits per heavy atom. The van der Waals surface area contributed by atoms with E-state index in [4.69, 9.17) is 11.6 Å². The third kappa shape index (κ3) is 3.98. The molecule has 0 atom stereocenters. The topological polar surface area (TPSA) is 3.01 Å². The number of rotatable bonds is 4. The molecule has 0 N–H and O–H groups in total. The van der Waals surface area contributed by atoms with Crippen LogP contribution >= 0.6 is 11.6 Å². The summed E-state index contributed by atoms with van der Waals surface area (Å²) in [5.41, 5.74) is 1.50. The van der Waals surface area contributed by atoms with Gasteiger partial charge < -0.3 is 0 Å². The van der Waals surface area contributed by atoms with Gasteiger partial charge in [0.1, 0.15) is 0 Å². The molecule has 50 valence electrons. The lowest BCUT2D eigenvalue weighted by Crippen LogP contribution is -2.10. The Bertz CT molecular complexity index is 115. The van der Waals surface area contributed by atoms with Gasteiger partial charge in [0.2, 0.25) is 5.67 Å². The van der Waals surface area contributed by atoms with Crippen LogP contribution in [-0.2, 0) is 0 Å². The Balaban J connectivity index is 3.68. The van der Waals surface area contributed by atoms with Crippen molar-refractivity contribution in [2.24, 2.45) is 0 Å². The molecule has 0 radical (unpaired) electrons. The largest absolute Gasteiger partial charge is 0.233 e. The smallest absolute Gasteiger partial charge is 0.219 e. The Morgan fingerprint density at radius 1 is 1.22 bits per heavy atom. The molecule has 0 aliphatic rings. The first kappa shape index (κ1) is 8.44. The predicted molar refractivity (Wildman–Crippen MR) is 42.3 cm³/mol. The van der Waals surface area contributed by atoms with Crippen molar-refractivity contribution in [3.63, 3.8) is 0 Å².